The summed E-state index contributed by atoms with van der Waals surface area (Å²) in [6.07, 6.45) is 1.59. The van der Waals surface area contributed by atoms with Crippen molar-refractivity contribution in [3.8, 4) is 0 Å². The molecule has 0 aliphatic carbocycles. The van der Waals surface area contributed by atoms with E-state index in [1.165, 1.54) is 14.0 Å². The van der Waals surface area contributed by atoms with Crippen molar-refractivity contribution in [2.24, 2.45) is 11.3 Å². The first-order valence-corrected chi connectivity index (χ1v) is 4.08. The van der Waals surface area contributed by atoms with Crippen molar-refractivity contribution in [3.63, 3.8) is 0 Å². The normalized spacial score (nSPS) is 13.2. The number of ether oxygens (including phenoxy) is 1. The lowest BCUT2D eigenvalue weighted by Gasteiger charge is -2.26. The van der Waals surface area contributed by atoms with Crippen molar-refractivity contribution in [2.75, 3.05) is 7.11 Å². The van der Waals surface area contributed by atoms with Gasteiger partial charge in [0, 0.05) is 5.41 Å². The van der Waals surface area contributed by atoms with Crippen molar-refractivity contribution in [1.29, 1.82) is 0 Å². The molecule has 1 atom stereocenters. The maximum atomic E-state index is 11.3. The number of ketones is 1. The maximum Gasteiger partial charge on any atom is 0.317 e. The van der Waals surface area contributed by atoms with E-state index in [9.17, 15) is 9.59 Å². The summed E-state index contributed by atoms with van der Waals surface area (Å²) >= 11 is 0. The van der Waals surface area contributed by atoms with Crippen LogP contribution in [0.2, 0.25) is 0 Å². The summed E-state index contributed by atoms with van der Waals surface area (Å²) in [7, 11) is 1.28. The molecule has 0 heterocycles. The predicted molar refractivity (Wildman–Crippen MR) is 50.2 cm³/mol. The molecule has 0 amide bonds. The Hall–Kier alpha value is -1.12. The number of methoxy groups -OCH3 is 1. The summed E-state index contributed by atoms with van der Waals surface area (Å²) in [5.74, 6) is -1.45. The van der Waals surface area contributed by atoms with E-state index >= 15 is 0 Å². The van der Waals surface area contributed by atoms with Gasteiger partial charge in [0.25, 0.3) is 0 Å². The van der Waals surface area contributed by atoms with Crippen molar-refractivity contribution < 1.29 is 14.3 Å². The molecule has 3 nitrogen and oxygen atoms in total. The van der Waals surface area contributed by atoms with Gasteiger partial charge in [-0.3, -0.25) is 9.59 Å². The van der Waals surface area contributed by atoms with Gasteiger partial charge in [-0.25, -0.2) is 0 Å². The smallest absolute Gasteiger partial charge is 0.317 e. The van der Waals surface area contributed by atoms with Gasteiger partial charge in [0.2, 0.25) is 0 Å². The van der Waals surface area contributed by atoms with Gasteiger partial charge in [-0.1, -0.05) is 19.9 Å². The van der Waals surface area contributed by atoms with Crippen LogP contribution in [0.4, 0.5) is 0 Å². The van der Waals surface area contributed by atoms with E-state index in [0.29, 0.717) is 0 Å². The van der Waals surface area contributed by atoms with Crippen molar-refractivity contribution >= 4 is 11.8 Å². The molecule has 0 bridgehead atoms. The third-order valence-electron chi connectivity index (χ3n) is 2.11. The Balaban J connectivity index is 4.92. The Kier molecular flexibility index (Phi) is 3.85. The SMILES string of the molecule is C=CC(C)(C)C(C(C)=O)C(=O)OC. The molecule has 0 aromatic carbocycles. The molecule has 0 saturated carbocycles. The zero-order valence-corrected chi connectivity index (χ0v) is 8.59. The minimum atomic E-state index is -0.755. The van der Waals surface area contributed by atoms with Crippen LogP contribution in [0.25, 0.3) is 0 Å². The van der Waals surface area contributed by atoms with Crippen LogP contribution in [-0.4, -0.2) is 18.9 Å². The minimum absolute atomic E-state index is 0.197. The van der Waals surface area contributed by atoms with Gasteiger partial charge < -0.3 is 4.74 Å². The zero-order chi connectivity index (χ0) is 10.6. The van der Waals surface area contributed by atoms with E-state index in [1.807, 2.05) is 0 Å². The van der Waals surface area contributed by atoms with Crippen molar-refractivity contribution in [2.45, 2.75) is 20.8 Å². The van der Waals surface area contributed by atoms with Crippen LogP contribution in [0.15, 0.2) is 12.7 Å². The number of carbonyl (C=O) groups is 2. The Morgan fingerprint density at radius 3 is 2.15 bits per heavy atom. The molecule has 0 spiro atoms. The third kappa shape index (κ3) is 2.68. The Bertz CT molecular complexity index is 228. The van der Waals surface area contributed by atoms with Crippen LogP contribution in [0.3, 0.4) is 0 Å². The van der Waals surface area contributed by atoms with E-state index in [1.54, 1.807) is 19.9 Å². The van der Waals surface area contributed by atoms with E-state index < -0.39 is 17.3 Å². The topological polar surface area (TPSA) is 43.4 Å². The summed E-state index contributed by atoms with van der Waals surface area (Å²) in [5.41, 5.74) is -0.557. The first-order chi connectivity index (χ1) is 5.86. The van der Waals surface area contributed by atoms with E-state index in [2.05, 4.69) is 11.3 Å². The molecule has 0 saturated heterocycles. The van der Waals surface area contributed by atoms with Crippen LogP contribution in [-0.2, 0) is 14.3 Å². The van der Waals surface area contributed by atoms with Crippen LogP contribution < -0.4 is 0 Å². The molecular formula is C10H16O3. The molecule has 0 N–H and O–H groups in total. The number of Topliss-reactive ketones (excluding diaryl/α,β-unsaturated/α-hetero) is 1. The van der Waals surface area contributed by atoms with Gasteiger partial charge in [0.05, 0.1) is 7.11 Å². The second-order valence-electron chi connectivity index (χ2n) is 3.59. The van der Waals surface area contributed by atoms with Crippen molar-refractivity contribution in [3.05, 3.63) is 12.7 Å². The number of carbonyl (C=O) groups excluding carboxylic acids is 2. The predicted octanol–water partition coefficient (Wildman–Crippen LogP) is 1.58. The Labute approximate surface area is 78.8 Å². The first-order valence-electron chi connectivity index (χ1n) is 4.08. The molecule has 0 fully saturated rings. The summed E-state index contributed by atoms with van der Waals surface area (Å²) < 4.78 is 4.55. The average Bonchev–Trinajstić information content (AvgIpc) is 2.03. The largest absolute Gasteiger partial charge is 0.468 e. The molecule has 13 heavy (non-hydrogen) atoms. The lowest BCUT2D eigenvalue weighted by Crippen LogP contribution is -2.35. The number of rotatable bonds is 4. The summed E-state index contributed by atoms with van der Waals surface area (Å²) in [4.78, 5) is 22.5. The zero-order valence-electron chi connectivity index (χ0n) is 8.59. The van der Waals surface area contributed by atoms with E-state index in [0.717, 1.165) is 0 Å². The average molecular weight is 184 g/mol. The molecule has 0 aromatic rings. The fourth-order valence-corrected chi connectivity index (χ4v) is 1.23. The van der Waals surface area contributed by atoms with Crippen LogP contribution in [0, 0.1) is 11.3 Å². The molecule has 1 unspecified atom stereocenters. The van der Waals surface area contributed by atoms with Gasteiger partial charge in [0.15, 0.2) is 0 Å². The standard InChI is InChI=1S/C10H16O3/c1-6-10(3,4)8(7(2)11)9(12)13-5/h6,8H,1H2,2-5H3. The minimum Gasteiger partial charge on any atom is -0.468 e. The molecule has 3 heteroatoms. The molecule has 0 rings (SSSR count). The third-order valence-corrected chi connectivity index (χ3v) is 2.11. The molecular weight excluding hydrogens is 168 g/mol. The quantitative estimate of drug-likeness (QED) is 0.378. The highest BCUT2D eigenvalue weighted by molar-refractivity contribution is 5.98. The number of hydrogen-bond donors (Lipinski definition) is 0. The second kappa shape index (κ2) is 4.21. The van der Waals surface area contributed by atoms with E-state index in [4.69, 9.17) is 0 Å². The van der Waals surface area contributed by atoms with Crippen LogP contribution in [0.1, 0.15) is 20.8 Å². The number of esters is 1. The molecule has 74 valence electrons. The highest BCUT2D eigenvalue weighted by atomic mass is 16.5. The molecule has 0 aromatic heterocycles. The second-order valence-corrected chi connectivity index (χ2v) is 3.59. The highest BCUT2D eigenvalue weighted by Crippen LogP contribution is 2.29. The lowest BCUT2D eigenvalue weighted by atomic mass is 9.77. The van der Waals surface area contributed by atoms with Gasteiger partial charge in [-0.05, 0) is 6.92 Å². The number of hydrogen-bond acceptors (Lipinski definition) is 3. The highest BCUT2D eigenvalue weighted by Gasteiger charge is 2.37. The van der Waals surface area contributed by atoms with Gasteiger partial charge in [0.1, 0.15) is 11.7 Å². The van der Waals surface area contributed by atoms with E-state index in [-0.39, 0.29) is 5.78 Å². The summed E-state index contributed by atoms with van der Waals surface area (Å²) in [6, 6.07) is 0. The van der Waals surface area contributed by atoms with Crippen molar-refractivity contribution in [1.82, 2.24) is 0 Å². The molecule has 0 aliphatic rings. The monoisotopic (exact) mass is 184 g/mol. The Morgan fingerprint density at radius 2 is 1.92 bits per heavy atom. The Morgan fingerprint density at radius 1 is 1.46 bits per heavy atom. The van der Waals surface area contributed by atoms with Gasteiger partial charge in [-0.15, -0.1) is 6.58 Å². The summed E-state index contributed by atoms with van der Waals surface area (Å²) in [5, 5.41) is 0. The van der Waals surface area contributed by atoms with Crippen LogP contribution >= 0.6 is 0 Å². The van der Waals surface area contributed by atoms with Gasteiger partial charge in [-0.2, -0.15) is 0 Å². The fourth-order valence-electron chi connectivity index (χ4n) is 1.23. The fraction of sp³-hybridized carbons (Fsp3) is 0.600. The molecule has 0 aliphatic heterocycles. The summed E-state index contributed by atoms with van der Waals surface area (Å²) in [6.45, 7) is 8.54. The molecule has 0 radical (unpaired) electrons. The van der Waals surface area contributed by atoms with Gasteiger partial charge >= 0.3 is 5.97 Å². The first kappa shape index (κ1) is 11.9. The number of allylic oxidation sites excluding steroid dienone is 1. The van der Waals surface area contributed by atoms with Crippen LogP contribution in [0.5, 0.6) is 0 Å². The lowest BCUT2D eigenvalue weighted by molar-refractivity contribution is -0.152. The maximum absolute atomic E-state index is 11.3.